The fourth-order valence-corrected chi connectivity index (χ4v) is 3.64. The lowest BCUT2D eigenvalue weighted by molar-refractivity contribution is -0.384. The molecule has 4 nitrogen and oxygen atoms in total. The Morgan fingerprint density at radius 2 is 2.10 bits per heavy atom. The van der Waals surface area contributed by atoms with Gasteiger partial charge in [0.1, 0.15) is 5.02 Å². The Morgan fingerprint density at radius 1 is 1.30 bits per heavy atom. The number of halogens is 1. The lowest BCUT2D eigenvalue weighted by Crippen LogP contribution is -2.09. The van der Waals surface area contributed by atoms with Gasteiger partial charge in [0.05, 0.1) is 11.0 Å². The minimum atomic E-state index is -0.479. The van der Waals surface area contributed by atoms with Gasteiger partial charge < -0.3 is 5.32 Å². The highest BCUT2D eigenvalue weighted by molar-refractivity contribution is 7.99. The topological polar surface area (TPSA) is 55.2 Å². The summed E-state index contributed by atoms with van der Waals surface area (Å²) in [6.45, 7) is 0. The van der Waals surface area contributed by atoms with E-state index < -0.39 is 4.92 Å². The highest BCUT2D eigenvalue weighted by Crippen LogP contribution is 2.40. The van der Waals surface area contributed by atoms with E-state index in [0.29, 0.717) is 0 Å². The Morgan fingerprint density at radius 3 is 2.85 bits per heavy atom. The SMILES string of the molecule is O=[N+]([O-])c1ccc(NC2CSc3ccccc32)cc1Cl. The number of fused-ring (bicyclic) bond motifs is 1. The van der Waals surface area contributed by atoms with Crippen LogP contribution in [0.1, 0.15) is 11.6 Å². The molecule has 0 radical (unpaired) electrons. The Kier molecular flexibility index (Phi) is 3.54. The van der Waals surface area contributed by atoms with Crippen molar-refractivity contribution in [3.63, 3.8) is 0 Å². The molecule has 0 saturated heterocycles. The van der Waals surface area contributed by atoms with Crippen LogP contribution in [-0.4, -0.2) is 10.7 Å². The first-order valence-corrected chi connectivity index (χ1v) is 7.44. The number of nitro benzene ring substituents is 1. The molecule has 0 saturated carbocycles. The van der Waals surface area contributed by atoms with Gasteiger partial charge in [-0.25, -0.2) is 0 Å². The van der Waals surface area contributed by atoms with Crippen LogP contribution in [0.2, 0.25) is 5.02 Å². The predicted molar refractivity (Wildman–Crippen MR) is 81.6 cm³/mol. The van der Waals surface area contributed by atoms with Crippen LogP contribution >= 0.6 is 23.4 Å². The first kappa shape index (κ1) is 13.3. The maximum absolute atomic E-state index is 10.7. The van der Waals surface area contributed by atoms with Crippen LogP contribution in [0.3, 0.4) is 0 Å². The van der Waals surface area contributed by atoms with Crippen molar-refractivity contribution in [1.82, 2.24) is 0 Å². The standard InChI is InChI=1S/C14H11ClN2O2S/c15-11-7-9(5-6-13(11)17(18)19)16-12-8-20-14-4-2-1-3-10(12)14/h1-7,12,16H,8H2. The summed E-state index contributed by atoms with van der Waals surface area (Å²) >= 11 is 7.73. The smallest absolute Gasteiger partial charge is 0.288 e. The third kappa shape index (κ3) is 2.46. The number of nitrogens with zero attached hydrogens (tertiary/aromatic N) is 1. The lowest BCUT2D eigenvalue weighted by atomic mass is 10.1. The van der Waals surface area contributed by atoms with E-state index >= 15 is 0 Å². The molecule has 1 unspecified atom stereocenters. The largest absolute Gasteiger partial charge is 0.377 e. The molecule has 2 aromatic rings. The molecule has 1 N–H and O–H groups in total. The third-order valence-corrected chi connectivity index (χ3v) is 4.67. The number of hydrogen-bond acceptors (Lipinski definition) is 4. The number of nitrogens with one attached hydrogen (secondary N) is 1. The summed E-state index contributed by atoms with van der Waals surface area (Å²) in [5, 5.41) is 14.3. The summed E-state index contributed by atoms with van der Waals surface area (Å²) in [6.07, 6.45) is 0. The van der Waals surface area contributed by atoms with Gasteiger partial charge in [-0.2, -0.15) is 0 Å². The summed E-state index contributed by atoms with van der Waals surface area (Å²) in [5.41, 5.74) is 1.98. The molecule has 1 atom stereocenters. The van der Waals surface area contributed by atoms with E-state index in [4.69, 9.17) is 11.6 Å². The van der Waals surface area contributed by atoms with Gasteiger partial charge in [0, 0.05) is 22.4 Å². The molecular formula is C14H11ClN2O2S. The molecule has 0 amide bonds. The molecule has 20 heavy (non-hydrogen) atoms. The second-order valence-electron chi connectivity index (χ2n) is 4.47. The van der Waals surface area contributed by atoms with Gasteiger partial charge in [0.25, 0.3) is 5.69 Å². The van der Waals surface area contributed by atoms with Gasteiger partial charge >= 0.3 is 0 Å². The summed E-state index contributed by atoms with van der Waals surface area (Å²) in [6, 6.07) is 13.2. The van der Waals surface area contributed by atoms with Gasteiger partial charge in [-0.3, -0.25) is 10.1 Å². The average molecular weight is 307 g/mol. The normalized spacial score (nSPS) is 16.8. The van der Waals surface area contributed by atoms with E-state index in [-0.39, 0.29) is 16.8 Å². The molecule has 0 bridgehead atoms. The lowest BCUT2D eigenvalue weighted by Gasteiger charge is -2.14. The molecule has 6 heteroatoms. The number of benzene rings is 2. The van der Waals surface area contributed by atoms with E-state index in [1.165, 1.54) is 16.5 Å². The molecule has 1 aliphatic heterocycles. The van der Waals surface area contributed by atoms with E-state index in [0.717, 1.165) is 11.4 Å². The van der Waals surface area contributed by atoms with Gasteiger partial charge in [-0.05, 0) is 23.8 Å². The number of anilines is 1. The van der Waals surface area contributed by atoms with Gasteiger partial charge in [0.2, 0.25) is 0 Å². The van der Waals surface area contributed by atoms with Gasteiger partial charge in [0.15, 0.2) is 0 Å². The molecule has 0 spiro atoms. The molecule has 0 fully saturated rings. The summed E-state index contributed by atoms with van der Waals surface area (Å²) in [5.74, 6) is 0.938. The molecule has 1 heterocycles. The van der Waals surface area contributed by atoms with Crippen LogP contribution in [0.4, 0.5) is 11.4 Å². The zero-order chi connectivity index (χ0) is 14.1. The summed E-state index contributed by atoms with van der Waals surface area (Å²) in [4.78, 5) is 11.5. The van der Waals surface area contributed by atoms with Crippen molar-refractivity contribution in [1.29, 1.82) is 0 Å². The Balaban J connectivity index is 1.83. The number of thioether (sulfide) groups is 1. The predicted octanol–water partition coefficient (Wildman–Crippen LogP) is 4.51. The zero-order valence-electron chi connectivity index (χ0n) is 10.4. The van der Waals surface area contributed by atoms with Crippen LogP contribution < -0.4 is 5.32 Å². The van der Waals surface area contributed by atoms with Gasteiger partial charge in [-0.15, -0.1) is 11.8 Å². The van der Waals surface area contributed by atoms with Crippen molar-refractivity contribution in [2.45, 2.75) is 10.9 Å². The fourth-order valence-electron chi connectivity index (χ4n) is 2.23. The molecular weight excluding hydrogens is 296 g/mol. The van der Waals surface area contributed by atoms with Gasteiger partial charge in [-0.1, -0.05) is 29.8 Å². The summed E-state index contributed by atoms with van der Waals surface area (Å²) in [7, 11) is 0. The van der Waals surface area contributed by atoms with Crippen molar-refractivity contribution in [3.05, 3.63) is 63.2 Å². The van der Waals surface area contributed by atoms with Crippen LogP contribution in [0.15, 0.2) is 47.4 Å². The maximum Gasteiger partial charge on any atom is 0.288 e. The van der Waals surface area contributed by atoms with Crippen molar-refractivity contribution in [2.75, 3.05) is 11.1 Å². The van der Waals surface area contributed by atoms with E-state index in [1.54, 1.807) is 23.9 Å². The number of hydrogen-bond donors (Lipinski definition) is 1. The van der Waals surface area contributed by atoms with E-state index in [9.17, 15) is 10.1 Å². The first-order chi connectivity index (χ1) is 9.65. The van der Waals surface area contributed by atoms with Crippen molar-refractivity contribution >= 4 is 34.7 Å². The van der Waals surface area contributed by atoms with E-state index in [1.807, 2.05) is 12.1 Å². The minimum Gasteiger partial charge on any atom is -0.377 e. The Hall–Kier alpha value is -1.72. The highest BCUT2D eigenvalue weighted by Gasteiger charge is 2.23. The van der Waals surface area contributed by atoms with Crippen LogP contribution in [0.25, 0.3) is 0 Å². The second-order valence-corrected chi connectivity index (χ2v) is 5.94. The molecule has 1 aliphatic rings. The Bertz CT molecular complexity index is 678. The molecule has 3 rings (SSSR count). The molecule has 0 aliphatic carbocycles. The highest BCUT2D eigenvalue weighted by atomic mass is 35.5. The minimum absolute atomic E-state index is 0.0709. The van der Waals surface area contributed by atoms with Crippen LogP contribution in [0, 0.1) is 10.1 Å². The quantitative estimate of drug-likeness (QED) is 0.669. The van der Waals surface area contributed by atoms with Crippen LogP contribution in [0.5, 0.6) is 0 Å². The Labute approximate surface area is 125 Å². The van der Waals surface area contributed by atoms with Crippen LogP contribution in [-0.2, 0) is 0 Å². The second kappa shape index (κ2) is 5.34. The number of nitro groups is 1. The maximum atomic E-state index is 10.7. The number of rotatable bonds is 3. The fraction of sp³-hybridized carbons (Fsp3) is 0.143. The summed E-state index contributed by atoms with van der Waals surface area (Å²) < 4.78 is 0. The van der Waals surface area contributed by atoms with Crippen molar-refractivity contribution in [3.8, 4) is 0 Å². The monoisotopic (exact) mass is 306 g/mol. The molecule has 2 aromatic carbocycles. The molecule has 102 valence electrons. The van der Waals surface area contributed by atoms with Crippen molar-refractivity contribution in [2.24, 2.45) is 0 Å². The molecule has 0 aromatic heterocycles. The first-order valence-electron chi connectivity index (χ1n) is 6.07. The zero-order valence-corrected chi connectivity index (χ0v) is 11.9. The van der Waals surface area contributed by atoms with E-state index in [2.05, 4.69) is 17.4 Å². The van der Waals surface area contributed by atoms with Crippen molar-refractivity contribution < 1.29 is 4.92 Å². The average Bonchev–Trinajstić information content (AvgIpc) is 2.82. The third-order valence-electron chi connectivity index (χ3n) is 3.19.